The van der Waals surface area contributed by atoms with Gasteiger partial charge in [-0.25, -0.2) is 4.39 Å². The van der Waals surface area contributed by atoms with Crippen molar-refractivity contribution in [1.82, 2.24) is 10.3 Å². The first kappa shape index (κ1) is 15.8. The summed E-state index contributed by atoms with van der Waals surface area (Å²) in [6, 6.07) is 8.76. The Bertz CT molecular complexity index is 710. The molecular weight excluding hydrogens is 287 g/mol. The summed E-state index contributed by atoms with van der Waals surface area (Å²) in [5, 5.41) is 2.63. The molecule has 2 rings (SSSR count). The zero-order valence-electron chi connectivity index (χ0n) is 12.4. The average Bonchev–Trinajstić information content (AvgIpc) is 2.47. The summed E-state index contributed by atoms with van der Waals surface area (Å²) in [7, 11) is 0. The predicted molar refractivity (Wildman–Crippen MR) is 80.6 cm³/mol. The first-order valence-corrected chi connectivity index (χ1v) is 6.86. The van der Waals surface area contributed by atoms with Crippen molar-refractivity contribution in [2.24, 2.45) is 0 Å². The molecule has 0 saturated heterocycles. The molecule has 1 aromatic carbocycles. The lowest BCUT2D eigenvalue weighted by Gasteiger charge is -2.15. The monoisotopic (exact) mass is 304 g/mol. The van der Waals surface area contributed by atoms with Gasteiger partial charge >= 0.3 is 0 Å². The molecular formula is C16H17FN2O3. The Labute approximate surface area is 127 Å². The number of halogens is 1. The minimum atomic E-state index is -0.462. The number of rotatable bonds is 5. The van der Waals surface area contributed by atoms with Crippen LogP contribution in [0.3, 0.4) is 0 Å². The summed E-state index contributed by atoms with van der Waals surface area (Å²) in [5.74, 6) is -0.293. The number of hydrogen-bond acceptors (Lipinski definition) is 3. The highest BCUT2D eigenvalue weighted by Gasteiger charge is 2.12. The number of carbonyl (C=O) groups is 1. The molecule has 0 spiro atoms. The number of benzene rings is 1. The van der Waals surface area contributed by atoms with Crippen LogP contribution in [0.1, 0.15) is 23.0 Å². The number of nitrogens with one attached hydrogen (secondary N) is 2. The van der Waals surface area contributed by atoms with E-state index in [1.54, 1.807) is 19.9 Å². The van der Waals surface area contributed by atoms with Crippen molar-refractivity contribution in [3.05, 3.63) is 63.8 Å². The van der Waals surface area contributed by atoms with Crippen LogP contribution in [-0.4, -0.2) is 23.5 Å². The van der Waals surface area contributed by atoms with Crippen molar-refractivity contribution in [3.63, 3.8) is 0 Å². The normalized spacial score (nSPS) is 11.8. The molecule has 0 bridgehead atoms. The first-order valence-electron chi connectivity index (χ1n) is 6.86. The molecule has 1 atom stereocenters. The van der Waals surface area contributed by atoms with Crippen molar-refractivity contribution in [2.75, 3.05) is 6.54 Å². The Morgan fingerprint density at radius 2 is 1.95 bits per heavy atom. The minimum Gasteiger partial charge on any atom is -0.489 e. The third kappa shape index (κ3) is 4.18. The van der Waals surface area contributed by atoms with Gasteiger partial charge in [-0.2, -0.15) is 0 Å². The smallest absolute Gasteiger partial charge is 0.260 e. The fourth-order valence-electron chi connectivity index (χ4n) is 1.87. The van der Waals surface area contributed by atoms with Gasteiger partial charge < -0.3 is 15.0 Å². The zero-order valence-corrected chi connectivity index (χ0v) is 12.4. The number of ether oxygens (including phenoxy) is 1. The summed E-state index contributed by atoms with van der Waals surface area (Å²) < 4.78 is 18.3. The van der Waals surface area contributed by atoms with E-state index in [0.29, 0.717) is 11.4 Å². The molecule has 1 aromatic heterocycles. The van der Waals surface area contributed by atoms with Crippen LogP contribution in [0.4, 0.5) is 4.39 Å². The van der Waals surface area contributed by atoms with Crippen molar-refractivity contribution in [2.45, 2.75) is 20.0 Å². The van der Waals surface area contributed by atoms with Crippen molar-refractivity contribution < 1.29 is 13.9 Å². The largest absolute Gasteiger partial charge is 0.489 e. The minimum absolute atomic E-state index is 0.0552. The van der Waals surface area contributed by atoms with E-state index in [1.807, 2.05) is 0 Å². The van der Waals surface area contributed by atoms with E-state index >= 15 is 0 Å². The fraction of sp³-hybridized carbons (Fsp3) is 0.250. The summed E-state index contributed by atoms with van der Waals surface area (Å²) >= 11 is 0. The van der Waals surface area contributed by atoms with Gasteiger partial charge in [0.05, 0.1) is 6.54 Å². The highest BCUT2D eigenvalue weighted by atomic mass is 19.1. The van der Waals surface area contributed by atoms with Crippen molar-refractivity contribution >= 4 is 5.91 Å². The summed E-state index contributed by atoms with van der Waals surface area (Å²) in [5.41, 5.74) is 0.318. The lowest BCUT2D eigenvalue weighted by molar-refractivity contribution is 0.0930. The van der Waals surface area contributed by atoms with Crippen LogP contribution in [0.15, 0.2) is 41.2 Å². The Morgan fingerprint density at radius 1 is 1.27 bits per heavy atom. The molecule has 0 saturated carbocycles. The van der Waals surface area contributed by atoms with Gasteiger partial charge in [-0.15, -0.1) is 0 Å². The topological polar surface area (TPSA) is 71.2 Å². The van der Waals surface area contributed by atoms with Crippen molar-refractivity contribution in [1.29, 1.82) is 0 Å². The van der Waals surface area contributed by atoms with Gasteiger partial charge in [0.2, 0.25) is 0 Å². The molecule has 2 N–H and O–H groups in total. The van der Waals surface area contributed by atoms with E-state index in [2.05, 4.69) is 10.3 Å². The molecule has 5 nitrogen and oxygen atoms in total. The summed E-state index contributed by atoms with van der Waals surface area (Å²) in [4.78, 5) is 26.2. The van der Waals surface area contributed by atoms with Gasteiger partial charge in [0, 0.05) is 5.69 Å². The number of hydrogen-bond donors (Lipinski definition) is 2. The Kier molecular flexibility index (Phi) is 4.93. The van der Waals surface area contributed by atoms with E-state index < -0.39 is 11.5 Å². The maximum atomic E-state index is 12.8. The average molecular weight is 304 g/mol. The molecule has 0 fully saturated rings. The van der Waals surface area contributed by atoms with Gasteiger partial charge in [0.1, 0.15) is 23.2 Å². The molecule has 6 heteroatoms. The van der Waals surface area contributed by atoms with Gasteiger partial charge in [0.15, 0.2) is 0 Å². The second-order valence-electron chi connectivity index (χ2n) is 4.98. The Morgan fingerprint density at radius 3 is 2.59 bits per heavy atom. The molecule has 22 heavy (non-hydrogen) atoms. The quantitative estimate of drug-likeness (QED) is 0.888. The number of H-pyrrole nitrogens is 1. The number of aryl methyl sites for hydroxylation is 1. The Hall–Kier alpha value is -2.63. The number of aromatic nitrogens is 1. The highest BCUT2D eigenvalue weighted by molar-refractivity contribution is 5.93. The van der Waals surface area contributed by atoms with E-state index in [9.17, 15) is 14.0 Å². The van der Waals surface area contributed by atoms with E-state index in [1.165, 1.54) is 30.3 Å². The van der Waals surface area contributed by atoms with E-state index in [4.69, 9.17) is 4.74 Å². The molecule has 1 heterocycles. The second-order valence-corrected chi connectivity index (χ2v) is 4.98. The molecule has 0 radical (unpaired) electrons. The summed E-state index contributed by atoms with van der Waals surface area (Å²) in [6.07, 6.45) is -0.320. The second kappa shape index (κ2) is 6.89. The highest BCUT2D eigenvalue weighted by Crippen LogP contribution is 2.12. The van der Waals surface area contributed by atoms with E-state index in [0.717, 1.165) is 0 Å². The molecule has 116 valence electrons. The maximum Gasteiger partial charge on any atom is 0.260 e. The van der Waals surface area contributed by atoms with Crippen LogP contribution in [0.2, 0.25) is 0 Å². The van der Waals surface area contributed by atoms with Gasteiger partial charge in [-0.3, -0.25) is 9.59 Å². The van der Waals surface area contributed by atoms with Crippen LogP contribution in [0, 0.1) is 12.7 Å². The van der Waals surface area contributed by atoms with Crippen molar-refractivity contribution in [3.8, 4) is 5.75 Å². The molecule has 0 aliphatic rings. The fourth-order valence-corrected chi connectivity index (χ4v) is 1.87. The number of carbonyl (C=O) groups excluding carboxylic acids is 1. The van der Waals surface area contributed by atoms with Crippen LogP contribution in [-0.2, 0) is 0 Å². The molecule has 1 amide bonds. The zero-order chi connectivity index (χ0) is 16.1. The predicted octanol–water partition coefficient (Wildman–Crippen LogP) is 2.02. The molecule has 0 aliphatic heterocycles. The van der Waals surface area contributed by atoms with Crippen LogP contribution in [0.5, 0.6) is 5.75 Å². The standard InChI is InChI=1S/C16H17FN2O3/c1-10-3-8-14(16(21)19-10)15(20)18-9-11(2)22-13-6-4-12(17)5-7-13/h3-8,11H,9H2,1-2H3,(H,18,20)(H,19,21). The van der Waals surface area contributed by atoms with Gasteiger partial charge in [-0.1, -0.05) is 0 Å². The third-order valence-electron chi connectivity index (χ3n) is 3.00. The molecule has 2 aromatic rings. The summed E-state index contributed by atoms with van der Waals surface area (Å²) in [6.45, 7) is 3.73. The lowest BCUT2D eigenvalue weighted by atomic mass is 10.2. The number of aromatic amines is 1. The Balaban J connectivity index is 1.90. The number of pyridine rings is 1. The molecule has 0 aliphatic carbocycles. The first-order chi connectivity index (χ1) is 10.5. The van der Waals surface area contributed by atoms with E-state index in [-0.39, 0.29) is 24.0 Å². The van der Waals surface area contributed by atoms with Gasteiger partial charge in [0.25, 0.3) is 11.5 Å². The number of amides is 1. The molecule has 1 unspecified atom stereocenters. The van der Waals surface area contributed by atoms with Crippen LogP contribution in [0.25, 0.3) is 0 Å². The lowest BCUT2D eigenvalue weighted by Crippen LogP contribution is -2.36. The maximum absolute atomic E-state index is 12.8. The van der Waals surface area contributed by atoms with Crippen LogP contribution >= 0.6 is 0 Å². The van der Waals surface area contributed by atoms with Crippen LogP contribution < -0.4 is 15.6 Å². The third-order valence-corrected chi connectivity index (χ3v) is 3.00. The SMILES string of the molecule is Cc1ccc(C(=O)NCC(C)Oc2ccc(F)cc2)c(=O)[nH]1. The van der Waals surface area contributed by atoms with Gasteiger partial charge in [-0.05, 0) is 50.2 Å².